The molecule has 1 amide bonds. The fourth-order valence-electron chi connectivity index (χ4n) is 7.59. The van der Waals surface area contributed by atoms with E-state index < -0.39 is 12.0 Å². The Morgan fingerprint density at radius 1 is 1.04 bits per heavy atom. The Morgan fingerprint density at radius 2 is 1.87 bits per heavy atom. The van der Waals surface area contributed by atoms with Crippen LogP contribution in [-0.2, 0) is 19.3 Å². The van der Waals surface area contributed by atoms with Crippen LogP contribution < -0.4 is 10.1 Å². The summed E-state index contributed by atoms with van der Waals surface area (Å²) >= 11 is 1.58. The van der Waals surface area contributed by atoms with Gasteiger partial charge in [-0.25, -0.2) is 18.2 Å². The first-order valence-corrected chi connectivity index (χ1v) is 18.1. The molecular weight excluding hydrogens is 690 g/mol. The highest BCUT2D eigenvalue weighted by Crippen LogP contribution is 2.50. The Labute approximate surface area is 301 Å². The van der Waals surface area contributed by atoms with Crippen LogP contribution in [-0.4, -0.2) is 51.7 Å². The Morgan fingerprint density at radius 3 is 2.62 bits per heavy atom. The van der Waals surface area contributed by atoms with Gasteiger partial charge in [0.15, 0.2) is 11.6 Å². The molecule has 6 aromatic rings. The number of aromatic nitrogens is 4. The lowest BCUT2D eigenvalue weighted by molar-refractivity contribution is 0.0776. The lowest BCUT2D eigenvalue weighted by Crippen LogP contribution is -2.22. The fraction of sp³-hybridized carbons (Fsp3) is 0.308. The van der Waals surface area contributed by atoms with Crippen LogP contribution in [0.15, 0.2) is 59.1 Å². The Bertz CT molecular complexity index is 2330. The number of methoxy groups -OCH3 is 1. The second-order valence-corrected chi connectivity index (χ2v) is 14.1. The molecule has 3 aliphatic rings. The van der Waals surface area contributed by atoms with Gasteiger partial charge in [0.2, 0.25) is 11.8 Å². The molecule has 9 rings (SSSR count). The largest absolute Gasteiger partial charge is 0.493 e. The molecule has 2 aliphatic heterocycles. The number of fused-ring (bicyclic) bond motifs is 5. The summed E-state index contributed by atoms with van der Waals surface area (Å²) in [5.74, 6) is 0.893. The van der Waals surface area contributed by atoms with Crippen LogP contribution in [0.2, 0.25) is 0 Å². The van der Waals surface area contributed by atoms with Crippen LogP contribution in [0, 0.1) is 18.6 Å². The first-order chi connectivity index (χ1) is 25.2. The number of alkyl halides is 1. The van der Waals surface area contributed by atoms with Gasteiger partial charge in [0.25, 0.3) is 5.91 Å². The summed E-state index contributed by atoms with van der Waals surface area (Å²) in [6, 6.07) is 13.5. The number of thiophene rings is 1. The number of amides is 1. The maximum absolute atomic E-state index is 13.9. The topological polar surface area (TPSA) is 106 Å². The number of benzene rings is 2. The van der Waals surface area contributed by atoms with Crippen molar-refractivity contribution in [3.63, 3.8) is 0 Å². The van der Waals surface area contributed by atoms with Crippen molar-refractivity contribution in [1.29, 1.82) is 0 Å². The van der Waals surface area contributed by atoms with Crippen molar-refractivity contribution in [2.75, 3.05) is 26.0 Å². The van der Waals surface area contributed by atoms with E-state index in [2.05, 4.69) is 26.6 Å². The standard InChI is InChI=1S/C29H25FN6O2S.C10H10F2O/c1-15-34-35-28(38-15)22-19(10-7-16-5-8-18(30)9-6-16)33-25-20-4-3-13-36(20)29(37)24(25)23(22)21-14-17-11-12-32-27(31-2)26(17)39-21;1-13-10-8(12)5-3-6-2-4-7(11)9(6)10/h5-6,8-9,11-12,14,20H,3-4,7,10,13H2,1-2H3,(H,31,32);3,5,7H,2,4H2,1H3. The molecule has 2 atom stereocenters. The summed E-state index contributed by atoms with van der Waals surface area (Å²) in [6.07, 6.45) is 4.89. The normalized spacial score (nSPS) is 17.2. The van der Waals surface area contributed by atoms with E-state index >= 15 is 0 Å². The third kappa shape index (κ3) is 5.86. The minimum atomic E-state index is -1.07. The molecule has 266 valence electrons. The van der Waals surface area contributed by atoms with Gasteiger partial charge in [-0.1, -0.05) is 18.2 Å². The number of aryl methyl sites for hydroxylation is 4. The van der Waals surface area contributed by atoms with E-state index in [1.165, 1.54) is 25.3 Å². The zero-order chi connectivity index (χ0) is 36.1. The predicted octanol–water partition coefficient (Wildman–Crippen LogP) is 8.76. The number of carbonyl (C=O) groups excluding carboxylic acids is 1. The van der Waals surface area contributed by atoms with E-state index in [1.807, 2.05) is 18.0 Å². The third-order valence-electron chi connectivity index (χ3n) is 9.99. The first kappa shape index (κ1) is 33.8. The highest BCUT2D eigenvalue weighted by atomic mass is 32.1. The van der Waals surface area contributed by atoms with Gasteiger partial charge >= 0.3 is 0 Å². The van der Waals surface area contributed by atoms with Gasteiger partial charge in [-0.05, 0) is 85.4 Å². The van der Waals surface area contributed by atoms with Gasteiger partial charge in [-0.15, -0.1) is 21.5 Å². The molecule has 0 spiro atoms. The van der Waals surface area contributed by atoms with E-state index in [4.69, 9.17) is 14.1 Å². The van der Waals surface area contributed by atoms with E-state index in [0.717, 1.165) is 68.2 Å². The van der Waals surface area contributed by atoms with E-state index in [9.17, 15) is 18.0 Å². The second-order valence-electron chi connectivity index (χ2n) is 13.1. The minimum absolute atomic E-state index is 0.00185. The molecule has 1 N–H and O–H groups in total. The quantitative estimate of drug-likeness (QED) is 0.174. The van der Waals surface area contributed by atoms with Gasteiger partial charge in [0.1, 0.15) is 17.8 Å². The van der Waals surface area contributed by atoms with E-state index in [1.54, 1.807) is 42.7 Å². The van der Waals surface area contributed by atoms with Crippen molar-refractivity contribution in [2.24, 2.45) is 0 Å². The van der Waals surface area contributed by atoms with Crippen molar-refractivity contribution in [3.05, 3.63) is 106 Å². The highest BCUT2D eigenvalue weighted by Gasteiger charge is 2.45. The highest BCUT2D eigenvalue weighted by molar-refractivity contribution is 7.23. The molecule has 13 heteroatoms. The summed E-state index contributed by atoms with van der Waals surface area (Å²) in [5, 5.41) is 12.7. The summed E-state index contributed by atoms with van der Waals surface area (Å²) in [5.41, 5.74) is 6.00. The van der Waals surface area contributed by atoms with Crippen molar-refractivity contribution in [1.82, 2.24) is 25.1 Å². The van der Waals surface area contributed by atoms with Crippen molar-refractivity contribution in [2.45, 2.75) is 57.7 Å². The molecule has 0 radical (unpaired) electrons. The molecule has 2 unspecified atom stereocenters. The van der Waals surface area contributed by atoms with Crippen molar-refractivity contribution >= 4 is 33.1 Å². The molecule has 1 aliphatic carbocycles. The molecule has 1 saturated heterocycles. The number of hydrogen-bond acceptors (Lipinski definition) is 9. The summed E-state index contributed by atoms with van der Waals surface area (Å²) in [4.78, 5) is 26.4. The fourth-order valence-corrected chi connectivity index (χ4v) is 8.80. The molecular formula is C39H35F3N6O3S. The van der Waals surface area contributed by atoms with Crippen molar-refractivity contribution in [3.8, 4) is 27.6 Å². The van der Waals surface area contributed by atoms with Crippen LogP contribution in [0.1, 0.15) is 75.8 Å². The van der Waals surface area contributed by atoms with Crippen molar-refractivity contribution < 1.29 is 27.1 Å². The number of nitrogens with zero attached hydrogens (tertiary/aromatic N) is 5. The SMILES string of the molecule is CNc1nccc2cc(-c3c4c(nc(CCc5ccc(F)cc5)c3-c3nnc(C)o3)C3CCCN3C4=O)sc12.COc1c(F)ccc2c1C(F)CC2. The minimum Gasteiger partial charge on any atom is -0.493 e. The molecule has 9 nitrogen and oxygen atoms in total. The predicted molar refractivity (Wildman–Crippen MR) is 192 cm³/mol. The average Bonchev–Trinajstić information content (AvgIpc) is 3.99. The molecule has 4 aromatic heterocycles. The van der Waals surface area contributed by atoms with Gasteiger partial charge in [-0.2, -0.15) is 0 Å². The average molecular weight is 725 g/mol. The number of ether oxygens (including phenoxy) is 1. The third-order valence-corrected chi connectivity index (χ3v) is 11.2. The Kier molecular flexibility index (Phi) is 8.90. The maximum atomic E-state index is 13.9. The van der Waals surface area contributed by atoms with Crippen LogP contribution in [0.3, 0.4) is 0 Å². The smallest absolute Gasteiger partial charge is 0.257 e. The summed E-state index contributed by atoms with van der Waals surface area (Å²) in [6.45, 7) is 2.47. The Balaban J connectivity index is 0.000000250. The van der Waals surface area contributed by atoms with Crippen LogP contribution >= 0.6 is 11.3 Å². The number of anilines is 1. The molecule has 0 saturated carbocycles. The number of pyridine rings is 2. The maximum Gasteiger partial charge on any atom is 0.257 e. The number of rotatable bonds is 7. The lowest BCUT2D eigenvalue weighted by Gasteiger charge is -2.16. The van der Waals surface area contributed by atoms with Crippen LogP contribution in [0.5, 0.6) is 5.75 Å². The summed E-state index contributed by atoms with van der Waals surface area (Å²) in [7, 11) is 3.22. The Hall–Kier alpha value is -5.30. The first-order valence-electron chi connectivity index (χ1n) is 17.2. The number of carbonyl (C=O) groups is 1. The second kappa shape index (κ2) is 13.7. The molecule has 6 heterocycles. The van der Waals surface area contributed by atoms with E-state index in [-0.39, 0.29) is 23.5 Å². The molecule has 0 bridgehead atoms. The number of hydrogen-bond donors (Lipinski definition) is 1. The number of nitrogens with one attached hydrogen (secondary N) is 1. The molecule has 1 fully saturated rings. The van der Waals surface area contributed by atoms with Crippen LogP contribution in [0.4, 0.5) is 19.0 Å². The monoisotopic (exact) mass is 724 g/mol. The van der Waals surface area contributed by atoms with Gasteiger partial charge in [-0.3, -0.25) is 9.78 Å². The number of halogens is 3. The lowest BCUT2D eigenvalue weighted by atomic mass is 9.93. The van der Waals surface area contributed by atoms with Gasteiger partial charge < -0.3 is 19.4 Å². The zero-order valence-corrected chi connectivity index (χ0v) is 29.6. The van der Waals surface area contributed by atoms with Gasteiger partial charge in [0, 0.05) is 42.7 Å². The van der Waals surface area contributed by atoms with E-state index in [0.29, 0.717) is 54.2 Å². The molecule has 52 heavy (non-hydrogen) atoms. The van der Waals surface area contributed by atoms with Gasteiger partial charge in [0.05, 0.1) is 40.4 Å². The van der Waals surface area contributed by atoms with Crippen LogP contribution in [0.25, 0.3) is 32.0 Å². The zero-order valence-electron chi connectivity index (χ0n) is 28.8. The summed E-state index contributed by atoms with van der Waals surface area (Å²) < 4.78 is 51.8. The molecule has 2 aromatic carbocycles.